The van der Waals surface area contributed by atoms with Crippen LogP contribution in [0, 0.1) is 5.41 Å². The lowest BCUT2D eigenvalue weighted by atomic mass is 9.83. The van der Waals surface area contributed by atoms with E-state index in [1.807, 2.05) is 44.2 Å². The normalized spacial score (nSPS) is 26.1. The molecule has 0 amide bonds. The summed E-state index contributed by atoms with van der Waals surface area (Å²) in [6.45, 7) is 11.3. The molecule has 0 aliphatic carbocycles. The smallest absolute Gasteiger partial charge is 0.307 e. The quantitative estimate of drug-likeness (QED) is 0.557. The molecule has 1 aromatic rings. The molecular weight excluding hydrogens is 388 g/mol. The Labute approximate surface area is 162 Å². The van der Waals surface area contributed by atoms with Gasteiger partial charge < -0.3 is 4.52 Å². The zero-order valence-corrected chi connectivity index (χ0v) is 18.7. The van der Waals surface area contributed by atoms with Crippen LogP contribution in [0.3, 0.4) is 0 Å². The average molecular weight is 419 g/mol. The highest BCUT2D eigenvalue weighted by Gasteiger charge is 2.55. The molecule has 2 atom stereocenters. The van der Waals surface area contributed by atoms with Crippen LogP contribution in [0.5, 0.6) is 0 Å². The van der Waals surface area contributed by atoms with Crippen LogP contribution < -0.4 is 5.09 Å². The molecule has 154 valence electrons. The first kappa shape index (κ1) is 22.8. The highest BCUT2D eigenvalue weighted by molar-refractivity contribution is 7.58. The van der Waals surface area contributed by atoms with Crippen LogP contribution in [0.4, 0.5) is 0 Å². The van der Waals surface area contributed by atoms with Gasteiger partial charge in [-0.05, 0) is 33.3 Å². The van der Waals surface area contributed by atoms with E-state index in [0.29, 0.717) is 0 Å². The number of nitrogens with one attached hydrogen (secondary N) is 1. The van der Waals surface area contributed by atoms with Crippen molar-refractivity contribution >= 4 is 15.3 Å². The maximum Gasteiger partial charge on any atom is 0.406 e. The topological polar surface area (TPSA) is 83.1 Å². The molecule has 2 rings (SSSR count). The van der Waals surface area contributed by atoms with Crippen molar-refractivity contribution in [1.82, 2.24) is 5.09 Å². The Kier molecular flexibility index (Phi) is 7.13. The maximum absolute atomic E-state index is 13.7. The summed E-state index contributed by atoms with van der Waals surface area (Å²) in [5.41, 5.74) is 0.536. The van der Waals surface area contributed by atoms with E-state index in [1.165, 1.54) is 0 Å². The van der Waals surface area contributed by atoms with Crippen LogP contribution in [-0.2, 0) is 27.2 Å². The molecule has 27 heavy (non-hydrogen) atoms. The average Bonchev–Trinajstić information content (AvgIpc) is 2.57. The standard InChI is InChI=1S/C18H31NO6P2/c1-7-22-27(21,23-8-2)19-18(5,6)26(20)24-14-17(3,4)16(25-26)15-12-10-9-11-13-15/h9-13,16H,7-8,14H2,1-6H3,(H,19,21). The summed E-state index contributed by atoms with van der Waals surface area (Å²) in [5.74, 6) is 0. The van der Waals surface area contributed by atoms with Gasteiger partial charge >= 0.3 is 15.3 Å². The molecule has 0 aromatic heterocycles. The minimum Gasteiger partial charge on any atom is -0.307 e. The van der Waals surface area contributed by atoms with Crippen molar-refractivity contribution in [2.75, 3.05) is 19.8 Å². The number of hydrogen-bond acceptors (Lipinski definition) is 6. The molecule has 1 aliphatic rings. The molecule has 1 heterocycles. The van der Waals surface area contributed by atoms with Gasteiger partial charge in [0.1, 0.15) is 5.28 Å². The highest BCUT2D eigenvalue weighted by Crippen LogP contribution is 2.68. The second kappa shape index (κ2) is 8.46. The third-order valence-corrected chi connectivity index (χ3v) is 9.00. The van der Waals surface area contributed by atoms with Crippen LogP contribution in [0.25, 0.3) is 0 Å². The van der Waals surface area contributed by atoms with E-state index in [4.69, 9.17) is 18.1 Å². The predicted octanol–water partition coefficient (Wildman–Crippen LogP) is 5.50. The van der Waals surface area contributed by atoms with Crippen LogP contribution in [0.2, 0.25) is 0 Å². The van der Waals surface area contributed by atoms with Gasteiger partial charge in [-0.15, -0.1) is 0 Å². The van der Waals surface area contributed by atoms with Gasteiger partial charge in [0.2, 0.25) is 0 Å². The van der Waals surface area contributed by atoms with Crippen molar-refractivity contribution in [3.63, 3.8) is 0 Å². The molecule has 1 aliphatic heterocycles. The summed E-state index contributed by atoms with van der Waals surface area (Å²) in [6, 6.07) is 9.62. The van der Waals surface area contributed by atoms with E-state index in [9.17, 15) is 9.13 Å². The molecule has 1 saturated heterocycles. The first-order chi connectivity index (χ1) is 12.5. The van der Waals surface area contributed by atoms with E-state index in [0.717, 1.165) is 5.56 Å². The van der Waals surface area contributed by atoms with E-state index >= 15 is 0 Å². The second-order valence-electron chi connectivity index (χ2n) is 7.66. The molecule has 0 bridgehead atoms. The van der Waals surface area contributed by atoms with Gasteiger partial charge in [0, 0.05) is 5.41 Å². The lowest BCUT2D eigenvalue weighted by Gasteiger charge is -2.46. The molecular formula is C18H31NO6P2. The van der Waals surface area contributed by atoms with E-state index in [1.54, 1.807) is 27.7 Å². The first-order valence-corrected chi connectivity index (χ1v) is 12.2. The molecule has 1 aromatic carbocycles. The fraction of sp³-hybridized carbons (Fsp3) is 0.667. The van der Waals surface area contributed by atoms with Crippen LogP contribution >= 0.6 is 15.3 Å². The Morgan fingerprint density at radius 3 is 2.30 bits per heavy atom. The Bertz CT molecular complexity index is 712. The Morgan fingerprint density at radius 2 is 1.78 bits per heavy atom. The van der Waals surface area contributed by atoms with Gasteiger partial charge in [-0.1, -0.05) is 44.2 Å². The molecule has 0 spiro atoms. The number of hydrogen-bond donors (Lipinski definition) is 1. The predicted molar refractivity (Wildman–Crippen MR) is 106 cm³/mol. The van der Waals surface area contributed by atoms with Gasteiger partial charge in [0.25, 0.3) is 0 Å². The third kappa shape index (κ3) is 5.10. The van der Waals surface area contributed by atoms with Gasteiger partial charge in [-0.25, -0.2) is 9.65 Å². The number of benzene rings is 1. The van der Waals surface area contributed by atoms with Gasteiger partial charge in [-0.2, -0.15) is 0 Å². The fourth-order valence-electron chi connectivity index (χ4n) is 2.91. The number of rotatable bonds is 8. The van der Waals surface area contributed by atoms with Gasteiger partial charge in [-0.3, -0.25) is 18.1 Å². The molecule has 1 N–H and O–H groups in total. The molecule has 0 radical (unpaired) electrons. The fourth-order valence-corrected chi connectivity index (χ4v) is 7.16. The summed E-state index contributed by atoms with van der Waals surface area (Å²) in [7, 11) is -7.36. The molecule has 7 nitrogen and oxygen atoms in total. The lowest BCUT2D eigenvalue weighted by Crippen LogP contribution is -2.44. The Morgan fingerprint density at radius 1 is 1.22 bits per heavy atom. The second-order valence-corrected chi connectivity index (χ2v) is 12.0. The van der Waals surface area contributed by atoms with Crippen LogP contribution in [0.1, 0.15) is 53.2 Å². The minimum absolute atomic E-state index is 0.187. The zero-order valence-electron chi connectivity index (χ0n) is 16.9. The Balaban J connectivity index is 2.32. The Hall–Kier alpha value is -0.520. The summed E-state index contributed by atoms with van der Waals surface area (Å²) < 4.78 is 49.0. The monoisotopic (exact) mass is 419 g/mol. The lowest BCUT2D eigenvalue weighted by molar-refractivity contribution is -0.0334. The van der Waals surface area contributed by atoms with E-state index in [2.05, 4.69) is 5.09 Å². The molecule has 9 heteroatoms. The van der Waals surface area contributed by atoms with Gasteiger partial charge in [0.15, 0.2) is 0 Å². The summed E-state index contributed by atoms with van der Waals surface area (Å²) in [6.07, 6.45) is -0.432. The zero-order chi connectivity index (χ0) is 20.3. The minimum atomic E-state index is -3.71. The molecule has 2 unspecified atom stereocenters. The molecule has 1 fully saturated rings. The van der Waals surface area contributed by atoms with E-state index < -0.39 is 26.7 Å². The molecule has 0 saturated carbocycles. The maximum atomic E-state index is 13.7. The van der Waals surface area contributed by atoms with Crippen LogP contribution in [-0.4, -0.2) is 25.1 Å². The van der Waals surface area contributed by atoms with Gasteiger partial charge in [0.05, 0.1) is 25.9 Å². The van der Waals surface area contributed by atoms with Crippen molar-refractivity contribution in [1.29, 1.82) is 0 Å². The van der Waals surface area contributed by atoms with Crippen molar-refractivity contribution in [2.24, 2.45) is 5.41 Å². The SMILES string of the molecule is CCOP(=O)(NC(C)(C)P1(=O)OCC(C)(C)C(c2ccccc2)O1)OCC. The van der Waals surface area contributed by atoms with Crippen molar-refractivity contribution in [2.45, 2.75) is 52.9 Å². The summed E-state index contributed by atoms with van der Waals surface area (Å²) in [5, 5.41) is 1.50. The first-order valence-electron chi connectivity index (χ1n) is 9.15. The highest BCUT2D eigenvalue weighted by atomic mass is 31.2. The largest absolute Gasteiger partial charge is 0.406 e. The summed E-state index contributed by atoms with van der Waals surface area (Å²) in [4.78, 5) is 0. The summed E-state index contributed by atoms with van der Waals surface area (Å²) >= 11 is 0. The van der Waals surface area contributed by atoms with E-state index in [-0.39, 0.29) is 25.2 Å². The van der Waals surface area contributed by atoms with Crippen molar-refractivity contribution < 1.29 is 27.2 Å². The van der Waals surface area contributed by atoms with Crippen molar-refractivity contribution in [3.8, 4) is 0 Å². The van der Waals surface area contributed by atoms with Crippen molar-refractivity contribution in [3.05, 3.63) is 35.9 Å². The van der Waals surface area contributed by atoms with Crippen LogP contribution in [0.15, 0.2) is 30.3 Å². The third-order valence-electron chi connectivity index (χ3n) is 4.36.